The Balaban J connectivity index is 1.74. The number of phenols is 1. The van der Waals surface area contributed by atoms with Crippen LogP contribution >= 0.6 is 0 Å². The van der Waals surface area contributed by atoms with Crippen LogP contribution in [0.15, 0.2) is 24.3 Å². The minimum absolute atomic E-state index is 0.406. The van der Waals surface area contributed by atoms with Gasteiger partial charge >= 0.3 is 0 Å². The van der Waals surface area contributed by atoms with Gasteiger partial charge in [0.2, 0.25) is 0 Å². The third kappa shape index (κ3) is 1.84. The lowest BCUT2D eigenvalue weighted by atomic mass is 9.55. The summed E-state index contributed by atoms with van der Waals surface area (Å²) in [6.07, 6.45) is 8.58. The molecule has 2 fully saturated rings. The lowest BCUT2D eigenvalue weighted by molar-refractivity contribution is 0.0816. The molecule has 1 aromatic rings. The number of aromatic hydroxyl groups is 1. The Kier molecular flexibility index (Phi) is 3.18. The molecule has 3 aliphatic rings. The van der Waals surface area contributed by atoms with Crippen molar-refractivity contribution in [1.82, 2.24) is 0 Å². The van der Waals surface area contributed by atoms with Crippen molar-refractivity contribution in [3.8, 4) is 5.75 Å². The van der Waals surface area contributed by atoms with Crippen LogP contribution in [0.3, 0.4) is 0 Å². The predicted octanol–water partition coefficient (Wildman–Crippen LogP) is 5.37. The van der Waals surface area contributed by atoms with Crippen LogP contribution in [0.4, 0.5) is 0 Å². The second-order valence-corrected chi connectivity index (χ2v) is 8.05. The molecule has 0 bridgehead atoms. The molecule has 0 aromatic heterocycles. The van der Waals surface area contributed by atoms with Gasteiger partial charge in [-0.15, -0.1) is 0 Å². The number of hydrogen-bond acceptors (Lipinski definition) is 1. The zero-order valence-electron chi connectivity index (χ0n) is 14.0. The average molecular weight is 296 g/mol. The van der Waals surface area contributed by atoms with Gasteiger partial charge in [-0.3, -0.25) is 0 Å². The quantitative estimate of drug-likeness (QED) is 0.691. The van der Waals surface area contributed by atoms with Gasteiger partial charge in [-0.1, -0.05) is 32.1 Å². The molecule has 0 heterocycles. The van der Waals surface area contributed by atoms with E-state index in [0.29, 0.717) is 11.2 Å². The minimum atomic E-state index is 0.406. The highest BCUT2D eigenvalue weighted by molar-refractivity contribution is 5.46. The number of phenolic OH excluding ortho intramolecular Hbond substituents is 1. The fourth-order valence-corrected chi connectivity index (χ4v) is 5.85. The smallest absolute Gasteiger partial charge is 0.119 e. The van der Waals surface area contributed by atoms with Crippen molar-refractivity contribution in [3.05, 3.63) is 41.0 Å². The second-order valence-electron chi connectivity index (χ2n) is 8.05. The maximum atomic E-state index is 10.2. The second kappa shape index (κ2) is 4.88. The molecular formula is C21H28O. The van der Waals surface area contributed by atoms with E-state index in [1.807, 2.05) is 0 Å². The minimum Gasteiger partial charge on any atom is -0.508 e. The molecule has 0 aliphatic heterocycles. The number of aryl methyl sites for hydroxylation is 2. The summed E-state index contributed by atoms with van der Waals surface area (Å²) in [6, 6.07) is 4.39. The first-order valence-electron chi connectivity index (χ1n) is 9.07. The van der Waals surface area contributed by atoms with E-state index in [1.165, 1.54) is 43.2 Å². The van der Waals surface area contributed by atoms with E-state index >= 15 is 0 Å². The molecule has 0 radical (unpaired) electrons. The van der Waals surface area contributed by atoms with Gasteiger partial charge in [0.15, 0.2) is 0 Å². The standard InChI is InChI=1S/C21H28O/c1-4-14-11-18-15(12-20(14)22)6-7-17-16(18)9-10-21(3)13(2)5-8-19(17)21/h11-12,16-17,19,22H,2,4-10H2,1,3H3/t16?,17?,19?,21-/m1/s1. The zero-order valence-corrected chi connectivity index (χ0v) is 14.0. The van der Waals surface area contributed by atoms with Crippen molar-refractivity contribution < 1.29 is 5.11 Å². The van der Waals surface area contributed by atoms with Crippen molar-refractivity contribution in [1.29, 1.82) is 0 Å². The molecule has 118 valence electrons. The Hall–Kier alpha value is -1.24. The molecule has 0 spiro atoms. The molecule has 0 amide bonds. The van der Waals surface area contributed by atoms with Crippen LogP contribution in [0.1, 0.15) is 68.6 Å². The predicted molar refractivity (Wildman–Crippen MR) is 91.2 cm³/mol. The lowest BCUT2D eigenvalue weighted by Crippen LogP contribution is -2.40. The van der Waals surface area contributed by atoms with Crippen LogP contribution in [-0.4, -0.2) is 5.11 Å². The number of fused-ring (bicyclic) bond motifs is 5. The van der Waals surface area contributed by atoms with Crippen molar-refractivity contribution in [3.63, 3.8) is 0 Å². The summed E-state index contributed by atoms with van der Waals surface area (Å²) < 4.78 is 0. The summed E-state index contributed by atoms with van der Waals surface area (Å²) in [5.74, 6) is 2.90. The molecule has 4 atom stereocenters. The monoisotopic (exact) mass is 296 g/mol. The maximum absolute atomic E-state index is 10.2. The van der Waals surface area contributed by atoms with Gasteiger partial charge in [0.05, 0.1) is 0 Å². The summed E-state index contributed by atoms with van der Waals surface area (Å²) in [6.45, 7) is 9.02. The van der Waals surface area contributed by atoms with E-state index in [-0.39, 0.29) is 0 Å². The Labute approximate surface area is 134 Å². The summed E-state index contributed by atoms with van der Waals surface area (Å²) in [5.41, 5.74) is 6.02. The Morgan fingerprint density at radius 3 is 2.82 bits per heavy atom. The van der Waals surface area contributed by atoms with E-state index in [2.05, 4.69) is 32.6 Å². The van der Waals surface area contributed by atoms with Crippen LogP contribution in [0.25, 0.3) is 0 Å². The summed E-state index contributed by atoms with van der Waals surface area (Å²) in [7, 11) is 0. The van der Waals surface area contributed by atoms with Crippen LogP contribution in [-0.2, 0) is 12.8 Å². The van der Waals surface area contributed by atoms with Gasteiger partial charge in [-0.25, -0.2) is 0 Å². The summed E-state index contributed by atoms with van der Waals surface area (Å²) in [5, 5.41) is 10.2. The van der Waals surface area contributed by atoms with Crippen molar-refractivity contribution in [2.45, 2.75) is 64.7 Å². The van der Waals surface area contributed by atoms with E-state index in [9.17, 15) is 5.11 Å². The van der Waals surface area contributed by atoms with E-state index in [1.54, 1.807) is 5.56 Å². The van der Waals surface area contributed by atoms with E-state index in [0.717, 1.165) is 36.2 Å². The Bertz CT molecular complexity index is 629. The summed E-state index contributed by atoms with van der Waals surface area (Å²) >= 11 is 0. The maximum Gasteiger partial charge on any atom is 0.119 e. The average Bonchev–Trinajstić information content (AvgIpc) is 2.82. The van der Waals surface area contributed by atoms with Gasteiger partial charge in [0, 0.05) is 0 Å². The molecule has 1 heteroatoms. The topological polar surface area (TPSA) is 20.2 Å². The number of rotatable bonds is 1. The number of hydrogen-bond donors (Lipinski definition) is 1. The normalized spacial score (nSPS) is 36.6. The van der Waals surface area contributed by atoms with Gasteiger partial charge in [-0.05, 0) is 90.9 Å². The van der Waals surface area contributed by atoms with Crippen LogP contribution in [0.5, 0.6) is 5.75 Å². The fourth-order valence-electron chi connectivity index (χ4n) is 5.85. The van der Waals surface area contributed by atoms with Crippen LogP contribution in [0, 0.1) is 17.3 Å². The summed E-state index contributed by atoms with van der Waals surface area (Å²) in [4.78, 5) is 0. The van der Waals surface area contributed by atoms with Crippen LogP contribution < -0.4 is 0 Å². The van der Waals surface area contributed by atoms with Gasteiger partial charge in [0.1, 0.15) is 5.75 Å². The van der Waals surface area contributed by atoms with E-state index < -0.39 is 0 Å². The lowest BCUT2D eigenvalue weighted by Gasteiger charge is -2.49. The fraction of sp³-hybridized carbons (Fsp3) is 0.619. The van der Waals surface area contributed by atoms with Gasteiger partial charge < -0.3 is 5.11 Å². The first kappa shape index (κ1) is 14.4. The van der Waals surface area contributed by atoms with E-state index in [4.69, 9.17) is 0 Å². The first-order chi connectivity index (χ1) is 10.5. The molecule has 3 unspecified atom stereocenters. The zero-order chi connectivity index (χ0) is 15.5. The van der Waals surface area contributed by atoms with Crippen molar-refractivity contribution in [2.24, 2.45) is 17.3 Å². The molecule has 2 saturated carbocycles. The van der Waals surface area contributed by atoms with Crippen LogP contribution in [0.2, 0.25) is 0 Å². The third-order valence-corrected chi connectivity index (χ3v) is 7.26. The van der Waals surface area contributed by atoms with Crippen molar-refractivity contribution >= 4 is 0 Å². The first-order valence-corrected chi connectivity index (χ1v) is 9.07. The molecule has 1 aromatic carbocycles. The van der Waals surface area contributed by atoms with Crippen molar-refractivity contribution in [2.75, 3.05) is 0 Å². The Morgan fingerprint density at radius 1 is 1.23 bits per heavy atom. The number of allylic oxidation sites excluding steroid dienone is 1. The molecule has 22 heavy (non-hydrogen) atoms. The molecule has 0 saturated heterocycles. The highest BCUT2D eigenvalue weighted by Gasteiger charge is 2.51. The third-order valence-electron chi connectivity index (χ3n) is 7.26. The molecule has 4 rings (SSSR count). The van der Waals surface area contributed by atoms with Gasteiger partial charge in [0.25, 0.3) is 0 Å². The molecule has 1 N–H and O–H groups in total. The molecular weight excluding hydrogens is 268 g/mol. The largest absolute Gasteiger partial charge is 0.508 e. The molecule has 1 nitrogen and oxygen atoms in total. The van der Waals surface area contributed by atoms with Gasteiger partial charge in [-0.2, -0.15) is 0 Å². The highest BCUT2D eigenvalue weighted by Crippen LogP contribution is 2.62. The highest BCUT2D eigenvalue weighted by atomic mass is 16.3. The SMILES string of the molecule is C=C1CCC2C3CCc4cc(O)c(CC)cc4C3CC[C@]12C. The molecule has 3 aliphatic carbocycles. The number of benzene rings is 1. The Morgan fingerprint density at radius 2 is 2.05 bits per heavy atom.